The minimum Gasteiger partial charge on any atom is -0.407 e. The van der Waals surface area contributed by atoms with E-state index in [2.05, 4.69) is 29.4 Å². The first-order valence-electron chi connectivity index (χ1n) is 5.38. The van der Waals surface area contributed by atoms with E-state index in [1.54, 1.807) is 6.92 Å². The molecule has 0 saturated heterocycles. The van der Waals surface area contributed by atoms with Crippen LogP contribution >= 0.6 is 11.6 Å². The molecule has 1 atom stereocenters. The molecule has 0 amide bonds. The van der Waals surface area contributed by atoms with Crippen LogP contribution in [0.3, 0.4) is 0 Å². The Bertz CT molecular complexity index is 302. The molecule has 1 unspecified atom stereocenters. The van der Waals surface area contributed by atoms with Crippen LogP contribution in [0.4, 0.5) is 6.01 Å². The van der Waals surface area contributed by atoms with Crippen molar-refractivity contribution in [3.8, 4) is 0 Å². The van der Waals surface area contributed by atoms with E-state index < -0.39 is 0 Å². The Hall–Kier alpha value is -0.810. The summed E-state index contributed by atoms with van der Waals surface area (Å²) in [4.78, 5) is 0. The lowest BCUT2D eigenvalue weighted by atomic mass is 10.2. The van der Waals surface area contributed by atoms with Gasteiger partial charge in [-0.15, -0.1) is 16.7 Å². The van der Waals surface area contributed by atoms with Crippen molar-refractivity contribution in [1.29, 1.82) is 0 Å². The fraction of sp³-hybridized carbons (Fsp3) is 0.800. The number of alkyl halides is 1. The monoisotopic (exact) mass is 247 g/mol. The van der Waals surface area contributed by atoms with E-state index >= 15 is 0 Å². The zero-order chi connectivity index (χ0) is 12.0. The van der Waals surface area contributed by atoms with Crippen molar-refractivity contribution >= 4 is 17.6 Å². The molecule has 0 spiro atoms. The van der Waals surface area contributed by atoms with Gasteiger partial charge in [-0.1, -0.05) is 18.9 Å². The molecule has 0 aliphatic heterocycles. The first kappa shape index (κ1) is 13.3. The van der Waals surface area contributed by atoms with Crippen molar-refractivity contribution in [2.24, 2.45) is 5.92 Å². The quantitative estimate of drug-likeness (QED) is 0.592. The fourth-order valence-corrected chi connectivity index (χ4v) is 1.10. The molecule has 16 heavy (non-hydrogen) atoms. The molecule has 0 aliphatic carbocycles. The van der Waals surface area contributed by atoms with Crippen molar-refractivity contribution in [2.75, 3.05) is 25.1 Å². The van der Waals surface area contributed by atoms with Crippen LogP contribution in [-0.4, -0.2) is 30.0 Å². The molecule has 0 saturated carbocycles. The number of nitrogens with one attached hydrogen (secondary N) is 1. The number of aromatic nitrogens is 2. The van der Waals surface area contributed by atoms with Crippen molar-refractivity contribution in [3.63, 3.8) is 0 Å². The van der Waals surface area contributed by atoms with Gasteiger partial charge in [0.1, 0.15) is 5.38 Å². The number of rotatable bonds is 7. The van der Waals surface area contributed by atoms with Crippen LogP contribution in [0, 0.1) is 5.92 Å². The summed E-state index contributed by atoms with van der Waals surface area (Å²) in [5, 5.41) is 10.3. The second-order valence-corrected chi connectivity index (χ2v) is 4.61. The highest BCUT2D eigenvalue weighted by Crippen LogP contribution is 2.18. The van der Waals surface area contributed by atoms with E-state index in [0.717, 1.165) is 6.61 Å². The topological polar surface area (TPSA) is 60.2 Å². The molecule has 0 fully saturated rings. The minimum atomic E-state index is -0.264. The number of ether oxygens (including phenoxy) is 1. The van der Waals surface area contributed by atoms with Gasteiger partial charge in [0.25, 0.3) is 0 Å². The standard InChI is InChI=1S/C10H18ClN3O2/c1-7(2)6-15-5-4-12-10-14-13-9(16-10)8(3)11/h7-8H,4-6H2,1-3H3,(H,12,14). The summed E-state index contributed by atoms with van der Waals surface area (Å²) in [6.45, 7) is 8.02. The summed E-state index contributed by atoms with van der Waals surface area (Å²) in [7, 11) is 0. The fourth-order valence-electron chi connectivity index (χ4n) is 1.02. The number of anilines is 1. The van der Waals surface area contributed by atoms with E-state index in [1.165, 1.54) is 0 Å². The third kappa shape index (κ3) is 4.81. The molecule has 5 nitrogen and oxygen atoms in total. The second kappa shape index (κ2) is 6.70. The first-order chi connectivity index (χ1) is 7.59. The van der Waals surface area contributed by atoms with Crippen LogP contribution in [0.25, 0.3) is 0 Å². The van der Waals surface area contributed by atoms with Crippen molar-refractivity contribution < 1.29 is 9.15 Å². The smallest absolute Gasteiger partial charge is 0.315 e. The van der Waals surface area contributed by atoms with Gasteiger partial charge in [-0.3, -0.25) is 0 Å². The Balaban J connectivity index is 2.17. The average Bonchev–Trinajstić information content (AvgIpc) is 2.65. The zero-order valence-corrected chi connectivity index (χ0v) is 10.6. The Morgan fingerprint density at radius 1 is 1.38 bits per heavy atom. The summed E-state index contributed by atoms with van der Waals surface area (Å²) < 4.78 is 10.6. The summed E-state index contributed by atoms with van der Waals surface area (Å²) in [5.74, 6) is 0.972. The number of nitrogens with zero attached hydrogens (tertiary/aromatic N) is 2. The minimum absolute atomic E-state index is 0.264. The van der Waals surface area contributed by atoms with Crippen LogP contribution < -0.4 is 5.32 Å². The maximum absolute atomic E-state index is 5.79. The normalized spacial score (nSPS) is 13.1. The molecule has 1 rings (SSSR count). The highest BCUT2D eigenvalue weighted by atomic mass is 35.5. The predicted octanol–water partition coefficient (Wildman–Crippen LogP) is 2.45. The Morgan fingerprint density at radius 3 is 2.69 bits per heavy atom. The van der Waals surface area contributed by atoms with Crippen LogP contribution in [0.1, 0.15) is 32.0 Å². The van der Waals surface area contributed by atoms with Gasteiger partial charge in [0.05, 0.1) is 6.61 Å². The van der Waals surface area contributed by atoms with Gasteiger partial charge in [-0.2, -0.15) is 0 Å². The highest BCUT2D eigenvalue weighted by molar-refractivity contribution is 6.20. The summed E-state index contributed by atoms with van der Waals surface area (Å²) >= 11 is 5.79. The van der Waals surface area contributed by atoms with Gasteiger partial charge in [0, 0.05) is 13.2 Å². The molecule has 0 aliphatic rings. The third-order valence-electron chi connectivity index (χ3n) is 1.75. The lowest BCUT2D eigenvalue weighted by molar-refractivity contribution is 0.118. The molecular weight excluding hydrogens is 230 g/mol. The SMILES string of the molecule is CC(C)COCCNc1nnc(C(C)Cl)o1. The van der Waals surface area contributed by atoms with Crippen LogP contribution in [-0.2, 0) is 4.74 Å². The van der Waals surface area contributed by atoms with E-state index in [1.807, 2.05) is 0 Å². The lowest BCUT2D eigenvalue weighted by Gasteiger charge is -2.06. The molecule has 0 radical (unpaired) electrons. The maximum Gasteiger partial charge on any atom is 0.315 e. The Kier molecular flexibility index (Phi) is 5.55. The number of hydrogen-bond acceptors (Lipinski definition) is 5. The van der Waals surface area contributed by atoms with E-state index in [0.29, 0.717) is 31.0 Å². The maximum atomic E-state index is 5.79. The van der Waals surface area contributed by atoms with E-state index in [4.69, 9.17) is 20.8 Å². The number of halogens is 1. The molecule has 1 aromatic rings. The molecule has 1 aromatic heterocycles. The van der Waals surface area contributed by atoms with Gasteiger partial charge < -0.3 is 14.5 Å². The van der Waals surface area contributed by atoms with Crippen molar-refractivity contribution in [3.05, 3.63) is 5.89 Å². The van der Waals surface area contributed by atoms with E-state index in [-0.39, 0.29) is 5.38 Å². The van der Waals surface area contributed by atoms with Crippen LogP contribution in [0.15, 0.2) is 4.42 Å². The Morgan fingerprint density at radius 2 is 2.12 bits per heavy atom. The van der Waals surface area contributed by atoms with Crippen LogP contribution in [0.5, 0.6) is 0 Å². The molecule has 6 heteroatoms. The van der Waals surface area contributed by atoms with Crippen molar-refractivity contribution in [2.45, 2.75) is 26.1 Å². The van der Waals surface area contributed by atoms with Gasteiger partial charge in [0.2, 0.25) is 5.89 Å². The van der Waals surface area contributed by atoms with Gasteiger partial charge >= 0.3 is 6.01 Å². The predicted molar refractivity (Wildman–Crippen MR) is 62.7 cm³/mol. The van der Waals surface area contributed by atoms with Crippen molar-refractivity contribution in [1.82, 2.24) is 10.2 Å². The molecule has 0 aromatic carbocycles. The summed E-state index contributed by atoms with van der Waals surface area (Å²) in [5.41, 5.74) is 0. The Labute approximate surface area is 101 Å². The average molecular weight is 248 g/mol. The third-order valence-corrected chi connectivity index (χ3v) is 1.94. The molecule has 92 valence electrons. The second-order valence-electron chi connectivity index (χ2n) is 3.96. The van der Waals surface area contributed by atoms with Crippen LogP contribution in [0.2, 0.25) is 0 Å². The summed E-state index contributed by atoms with van der Waals surface area (Å²) in [6, 6.07) is 0.385. The zero-order valence-electron chi connectivity index (χ0n) is 9.86. The molecule has 1 N–H and O–H groups in total. The highest BCUT2D eigenvalue weighted by Gasteiger charge is 2.10. The molecular formula is C10H18ClN3O2. The van der Waals surface area contributed by atoms with Gasteiger partial charge in [0.15, 0.2) is 0 Å². The first-order valence-corrected chi connectivity index (χ1v) is 5.82. The van der Waals surface area contributed by atoms with E-state index in [9.17, 15) is 0 Å². The largest absolute Gasteiger partial charge is 0.407 e. The molecule has 1 heterocycles. The molecule has 0 bridgehead atoms. The number of hydrogen-bond donors (Lipinski definition) is 1. The summed E-state index contributed by atoms with van der Waals surface area (Å²) in [6.07, 6.45) is 0. The lowest BCUT2D eigenvalue weighted by Crippen LogP contribution is -2.12. The van der Waals surface area contributed by atoms with Gasteiger partial charge in [-0.25, -0.2) is 0 Å². The van der Waals surface area contributed by atoms with Gasteiger partial charge in [-0.05, 0) is 12.8 Å².